The van der Waals surface area contributed by atoms with Crippen LogP contribution in [0.3, 0.4) is 0 Å². The first-order valence-electron chi connectivity index (χ1n) is 4.78. The summed E-state index contributed by atoms with van der Waals surface area (Å²) in [6.07, 6.45) is 0. The Morgan fingerprint density at radius 1 is 1.47 bits per heavy atom. The fourth-order valence-electron chi connectivity index (χ4n) is 1.10. The highest BCUT2D eigenvalue weighted by Crippen LogP contribution is 2.17. The summed E-state index contributed by atoms with van der Waals surface area (Å²) in [5.41, 5.74) is 0.121. The van der Waals surface area contributed by atoms with Gasteiger partial charge in [-0.15, -0.1) is 0 Å². The van der Waals surface area contributed by atoms with Crippen molar-refractivity contribution in [3.63, 3.8) is 0 Å². The van der Waals surface area contributed by atoms with Gasteiger partial charge in [0.15, 0.2) is 0 Å². The lowest BCUT2D eigenvalue weighted by molar-refractivity contribution is -0.115. The topological polar surface area (TPSA) is 55.4 Å². The number of carbonyl (C=O) groups is 2. The number of amides is 1. The van der Waals surface area contributed by atoms with Crippen LogP contribution < -0.4 is 5.32 Å². The van der Waals surface area contributed by atoms with Crippen LogP contribution in [0.4, 0.5) is 10.1 Å². The Labute approximate surface area is 106 Å². The molecule has 0 saturated carbocycles. The molecule has 0 aliphatic heterocycles. The summed E-state index contributed by atoms with van der Waals surface area (Å²) in [7, 11) is 1.23. The van der Waals surface area contributed by atoms with Crippen LogP contribution in [0.1, 0.15) is 17.3 Å². The third-order valence-electron chi connectivity index (χ3n) is 2.01. The minimum absolute atomic E-state index is 0.0517. The minimum Gasteiger partial charge on any atom is -0.465 e. The normalized spacial score (nSPS) is 11.8. The molecule has 0 aliphatic carbocycles. The van der Waals surface area contributed by atoms with Crippen molar-refractivity contribution in [1.82, 2.24) is 0 Å². The summed E-state index contributed by atoms with van der Waals surface area (Å²) in [6, 6.07) is 3.61. The average molecular weight is 304 g/mol. The summed E-state index contributed by atoms with van der Waals surface area (Å²) >= 11 is 3.06. The monoisotopic (exact) mass is 303 g/mol. The Hall–Kier alpha value is -1.43. The van der Waals surface area contributed by atoms with Crippen LogP contribution in [0.5, 0.6) is 0 Å². The fraction of sp³-hybridized carbons (Fsp3) is 0.273. The van der Waals surface area contributed by atoms with Gasteiger partial charge in [0.05, 0.1) is 23.2 Å². The number of carbonyl (C=O) groups excluding carboxylic acids is 2. The van der Waals surface area contributed by atoms with E-state index in [-0.39, 0.29) is 11.3 Å². The second-order valence-electron chi connectivity index (χ2n) is 3.29. The Bertz CT molecular complexity index is 448. The van der Waals surface area contributed by atoms with Gasteiger partial charge in [-0.3, -0.25) is 4.79 Å². The van der Waals surface area contributed by atoms with Crippen LogP contribution in [0.25, 0.3) is 0 Å². The molecule has 1 rings (SSSR count). The zero-order valence-corrected chi connectivity index (χ0v) is 10.9. The number of nitrogens with one attached hydrogen (secondary N) is 1. The molecule has 1 N–H and O–H groups in total. The van der Waals surface area contributed by atoms with Crippen molar-refractivity contribution in [1.29, 1.82) is 0 Å². The molecular formula is C11H11BrFNO3. The average Bonchev–Trinajstić information content (AvgIpc) is 2.30. The van der Waals surface area contributed by atoms with Crippen LogP contribution in [0.2, 0.25) is 0 Å². The molecule has 0 radical (unpaired) electrons. The first-order chi connectivity index (χ1) is 7.95. The summed E-state index contributed by atoms with van der Waals surface area (Å²) < 4.78 is 17.9. The minimum atomic E-state index is -0.612. The van der Waals surface area contributed by atoms with E-state index in [2.05, 4.69) is 26.0 Å². The van der Waals surface area contributed by atoms with E-state index in [1.54, 1.807) is 6.92 Å². The van der Waals surface area contributed by atoms with E-state index < -0.39 is 22.5 Å². The van der Waals surface area contributed by atoms with E-state index in [0.717, 1.165) is 6.07 Å². The van der Waals surface area contributed by atoms with Crippen LogP contribution in [-0.4, -0.2) is 23.8 Å². The van der Waals surface area contributed by atoms with Gasteiger partial charge in [0.25, 0.3) is 0 Å². The highest BCUT2D eigenvalue weighted by molar-refractivity contribution is 9.10. The van der Waals surface area contributed by atoms with Gasteiger partial charge in [-0.2, -0.15) is 0 Å². The second kappa shape index (κ2) is 5.77. The van der Waals surface area contributed by atoms with Crippen molar-refractivity contribution < 1.29 is 18.7 Å². The van der Waals surface area contributed by atoms with Gasteiger partial charge in [0, 0.05) is 0 Å². The molecule has 6 heteroatoms. The van der Waals surface area contributed by atoms with Crippen LogP contribution in [0.15, 0.2) is 18.2 Å². The van der Waals surface area contributed by atoms with Gasteiger partial charge in [0.1, 0.15) is 5.82 Å². The maximum absolute atomic E-state index is 13.4. The Balaban J connectivity index is 2.99. The van der Waals surface area contributed by atoms with Crippen LogP contribution in [0, 0.1) is 5.82 Å². The number of anilines is 1. The summed E-state index contributed by atoms with van der Waals surface area (Å²) in [5, 5.41) is 2.36. The number of rotatable bonds is 3. The van der Waals surface area contributed by atoms with E-state index >= 15 is 0 Å². The van der Waals surface area contributed by atoms with Crippen molar-refractivity contribution in [3.05, 3.63) is 29.6 Å². The van der Waals surface area contributed by atoms with Crippen LogP contribution in [-0.2, 0) is 9.53 Å². The number of alkyl halides is 1. The predicted octanol–water partition coefficient (Wildman–Crippen LogP) is 2.33. The molecule has 0 spiro atoms. The molecule has 0 bridgehead atoms. The van der Waals surface area contributed by atoms with Crippen molar-refractivity contribution in [3.8, 4) is 0 Å². The lowest BCUT2D eigenvalue weighted by Crippen LogP contribution is -2.21. The Morgan fingerprint density at radius 3 is 2.65 bits per heavy atom. The molecule has 1 unspecified atom stereocenters. The highest BCUT2D eigenvalue weighted by Gasteiger charge is 2.14. The molecule has 1 aromatic rings. The van der Waals surface area contributed by atoms with Crippen LogP contribution >= 0.6 is 15.9 Å². The van der Waals surface area contributed by atoms with E-state index in [9.17, 15) is 14.0 Å². The number of hydrogen-bond donors (Lipinski definition) is 1. The van der Waals surface area contributed by atoms with E-state index in [1.165, 1.54) is 19.2 Å². The van der Waals surface area contributed by atoms with Gasteiger partial charge in [-0.1, -0.05) is 15.9 Å². The SMILES string of the molecule is COC(=O)c1ccc(F)c(NC(=O)C(C)Br)c1. The smallest absolute Gasteiger partial charge is 0.337 e. The number of esters is 1. The van der Waals surface area contributed by atoms with Gasteiger partial charge in [0.2, 0.25) is 5.91 Å². The van der Waals surface area contributed by atoms with E-state index in [4.69, 9.17) is 0 Å². The lowest BCUT2D eigenvalue weighted by atomic mass is 10.2. The van der Waals surface area contributed by atoms with E-state index in [0.29, 0.717) is 0 Å². The quantitative estimate of drug-likeness (QED) is 0.689. The summed E-state index contributed by atoms with van der Waals surface area (Å²) in [6.45, 7) is 1.61. The van der Waals surface area contributed by atoms with E-state index in [1.807, 2.05) is 0 Å². The first kappa shape index (κ1) is 13.6. The van der Waals surface area contributed by atoms with Crippen molar-refractivity contribution in [2.45, 2.75) is 11.8 Å². The zero-order chi connectivity index (χ0) is 13.0. The van der Waals surface area contributed by atoms with Crippen molar-refractivity contribution in [2.24, 2.45) is 0 Å². The second-order valence-corrected chi connectivity index (χ2v) is 4.66. The molecule has 1 amide bonds. The largest absolute Gasteiger partial charge is 0.465 e. The molecule has 1 atom stereocenters. The molecule has 0 fully saturated rings. The number of hydrogen-bond acceptors (Lipinski definition) is 3. The molecule has 0 aromatic heterocycles. The van der Waals surface area contributed by atoms with Gasteiger partial charge in [-0.05, 0) is 25.1 Å². The number of benzene rings is 1. The third kappa shape index (κ3) is 3.52. The zero-order valence-electron chi connectivity index (χ0n) is 9.29. The first-order valence-corrected chi connectivity index (χ1v) is 5.70. The van der Waals surface area contributed by atoms with Gasteiger partial charge >= 0.3 is 5.97 Å². The number of halogens is 2. The fourth-order valence-corrected chi connectivity index (χ4v) is 1.21. The molecule has 0 heterocycles. The molecule has 0 aliphatic rings. The van der Waals surface area contributed by atoms with Gasteiger partial charge < -0.3 is 10.1 Å². The van der Waals surface area contributed by atoms with Gasteiger partial charge in [-0.25, -0.2) is 9.18 Å². The molecular weight excluding hydrogens is 293 g/mol. The Kier molecular flexibility index (Phi) is 4.62. The molecule has 92 valence electrons. The lowest BCUT2D eigenvalue weighted by Gasteiger charge is -2.09. The van der Waals surface area contributed by atoms with Crippen molar-refractivity contribution >= 4 is 33.5 Å². The standard InChI is InChI=1S/C11H11BrFNO3/c1-6(12)10(15)14-9-5-7(11(16)17-2)3-4-8(9)13/h3-6H,1-2H3,(H,14,15). The summed E-state index contributed by atoms with van der Waals surface area (Å²) in [4.78, 5) is 22.1. The predicted molar refractivity (Wildman–Crippen MR) is 64.8 cm³/mol. The molecule has 4 nitrogen and oxygen atoms in total. The molecule has 0 saturated heterocycles. The molecule has 17 heavy (non-hydrogen) atoms. The molecule has 1 aromatic carbocycles. The van der Waals surface area contributed by atoms with Crippen molar-refractivity contribution in [2.75, 3.05) is 12.4 Å². The Morgan fingerprint density at radius 2 is 2.12 bits per heavy atom. The maximum Gasteiger partial charge on any atom is 0.337 e. The third-order valence-corrected chi connectivity index (χ3v) is 2.42. The number of methoxy groups -OCH3 is 1. The number of ether oxygens (including phenoxy) is 1. The summed E-state index contributed by atoms with van der Waals surface area (Å²) in [5.74, 6) is -1.60. The highest BCUT2D eigenvalue weighted by atomic mass is 79.9. The maximum atomic E-state index is 13.4.